The Kier molecular flexibility index (Phi) is 5.12. The van der Waals surface area contributed by atoms with E-state index in [1.165, 1.54) is 0 Å². The number of nitrogens with zero attached hydrogens (tertiary/aromatic N) is 1. The zero-order valence-electron chi connectivity index (χ0n) is 11.1. The Morgan fingerprint density at radius 2 is 2.17 bits per heavy atom. The predicted octanol–water partition coefficient (Wildman–Crippen LogP) is -0.616. The lowest BCUT2D eigenvalue weighted by atomic mass is 10.1. The summed E-state index contributed by atoms with van der Waals surface area (Å²) in [6.45, 7) is 2.56. The first-order valence-corrected chi connectivity index (χ1v) is 8.10. The van der Waals surface area contributed by atoms with Crippen LogP contribution < -0.4 is 5.73 Å². The van der Waals surface area contributed by atoms with Crippen molar-refractivity contribution < 1.29 is 17.9 Å². The Labute approximate surface area is 108 Å². The van der Waals surface area contributed by atoms with Gasteiger partial charge >= 0.3 is 0 Å². The van der Waals surface area contributed by atoms with Crippen molar-refractivity contribution in [3.8, 4) is 0 Å². The van der Waals surface area contributed by atoms with Crippen molar-refractivity contribution in [2.75, 3.05) is 25.7 Å². The zero-order chi connectivity index (χ0) is 13.9. The summed E-state index contributed by atoms with van der Waals surface area (Å²) < 4.78 is 27.5. The summed E-state index contributed by atoms with van der Waals surface area (Å²) in [4.78, 5) is 13.6. The molecule has 3 unspecified atom stereocenters. The average Bonchev–Trinajstić information content (AvgIpc) is 2.69. The molecule has 1 saturated heterocycles. The predicted molar refractivity (Wildman–Crippen MR) is 68.9 cm³/mol. The van der Waals surface area contributed by atoms with E-state index < -0.39 is 15.9 Å². The minimum atomic E-state index is -3.08. The Balaban J connectivity index is 2.52. The van der Waals surface area contributed by atoms with Gasteiger partial charge in [-0.1, -0.05) is 0 Å². The lowest BCUT2D eigenvalue weighted by molar-refractivity contribution is -0.134. The first kappa shape index (κ1) is 15.4. The van der Waals surface area contributed by atoms with Crippen LogP contribution in [0.1, 0.15) is 19.8 Å². The number of likely N-dealkylation sites (N-methyl/N-ethyl adjacent to an activating group) is 1. The number of sulfone groups is 1. The molecule has 0 aromatic rings. The second kappa shape index (κ2) is 5.99. The van der Waals surface area contributed by atoms with Gasteiger partial charge in [0, 0.05) is 19.9 Å². The van der Waals surface area contributed by atoms with Crippen LogP contribution in [0, 0.1) is 0 Å². The molecule has 3 atom stereocenters. The molecule has 6 nitrogen and oxygen atoms in total. The lowest BCUT2D eigenvalue weighted by Crippen LogP contribution is -2.49. The van der Waals surface area contributed by atoms with Crippen LogP contribution in [0.5, 0.6) is 0 Å². The highest BCUT2D eigenvalue weighted by Crippen LogP contribution is 2.18. The number of nitrogens with two attached hydrogens (primary N) is 1. The zero-order valence-corrected chi connectivity index (χ0v) is 11.9. The van der Waals surface area contributed by atoms with Crippen molar-refractivity contribution in [1.82, 2.24) is 4.90 Å². The van der Waals surface area contributed by atoms with Crippen LogP contribution in [-0.4, -0.2) is 63.1 Å². The van der Waals surface area contributed by atoms with Gasteiger partial charge in [0.2, 0.25) is 5.91 Å². The minimum absolute atomic E-state index is 0.000979. The number of ether oxygens (including phenoxy) is 1. The van der Waals surface area contributed by atoms with E-state index in [4.69, 9.17) is 10.5 Å². The van der Waals surface area contributed by atoms with E-state index in [-0.39, 0.29) is 30.2 Å². The Hall–Kier alpha value is -0.660. The van der Waals surface area contributed by atoms with Crippen molar-refractivity contribution >= 4 is 15.7 Å². The number of carbonyl (C=O) groups excluding carboxylic acids is 1. The SMILES string of the molecule is CC1OCCC1N(C)C(=O)C(N)CCS(C)(=O)=O. The second-order valence-corrected chi connectivity index (χ2v) is 7.17. The maximum absolute atomic E-state index is 12.0. The van der Waals surface area contributed by atoms with E-state index in [0.717, 1.165) is 12.7 Å². The molecule has 1 aliphatic heterocycles. The van der Waals surface area contributed by atoms with E-state index in [1.54, 1.807) is 11.9 Å². The molecule has 106 valence electrons. The molecule has 1 amide bonds. The molecule has 0 aromatic carbocycles. The summed E-state index contributed by atoms with van der Waals surface area (Å²) in [6.07, 6.45) is 2.09. The van der Waals surface area contributed by atoms with E-state index in [0.29, 0.717) is 6.61 Å². The number of hydrogen-bond acceptors (Lipinski definition) is 5. The fourth-order valence-electron chi connectivity index (χ4n) is 2.12. The summed E-state index contributed by atoms with van der Waals surface area (Å²) in [5.74, 6) is -0.286. The van der Waals surface area contributed by atoms with Crippen LogP contribution in [0.2, 0.25) is 0 Å². The summed E-state index contributed by atoms with van der Waals surface area (Å²) in [6, 6.07) is -0.737. The van der Waals surface area contributed by atoms with Crippen molar-refractivity contribution in [3.63, 3.8) is 0 Å². The normalized spacial score (nSPS) is 26.0. The van der Waals surface area contributed by atoms with E-state index >= 15 is 0 Å². The molecule has 0 aliphatic carbocycles. The molecule has 1 heterocycles. The number of rotatable bonds is 5. The molecule has 0 aromatic heterocycles. The highest BCUT2D eigenvalue weighted by Gasteiger charge is 2.32. The van der Waals surface area contributed by atoms with Gasteiger partial charge in [-0.25, -0.2) is 8.42 Å². The number of carbonyl (C=O) groups is 1. The van der Waals surface area contributed by atoms with Crippen LogP contribution in [-0.2, 0) is 19.4 Å². The Morgan fingerprint density at radius 3 is 2.61 bits per heavy atom. The molecule has 7 heteroatoms. The molecule has 0 saturated carbocycles. The highest BCUT2D eigenvalue weighted by molar-refractivity contribution is 7.90. The molecule has 0 radical (unpaired) electrons. The van der Waals surface area contributed by atoms with Gasteiger partial charge in [-0.2, -0.15) is 0 Å². The molecule has 18 heavy (non-hydrogen) atoms. The Bertz CT molecular complexity index is 396. The largest absolute Gasteiger partial charge is 0.376 e. The third-order valence-electron chi connectivity index (χ3n) is 3.30. The first-order valence-electron chi connectivity index (χ1n) is 6.04. The molecule has 1 aliphatic rings. The van der Waals surface area contributed by atoms with Gasteiger partial charge in [0.15, 0.2) is 0 Å². The second-order valence-electron chi connectivity index (χ2n) is 4.91. The molecule has 1 fully saturated rings. The van der Waals surface area contributed by atoms with Crippen LogP contribution in [0.15, 0.2) is 0 Å². The standard InChI is InChI=1S/C11H22N2O4S/c1-8-10(4-6-17-8)13(2)11(14)9(12)5-7-18(3,15)16/h8-10H,4-7,12H2,1-3H3. The number of amides is 1. The monoisotopic (exact) mass is 278 g/mol. The Morgan fingerprint density at radius 1 is 1.56 bits per heavy atom. The molecule has 2 N–H and O–H groups in total. The maximum atomic E-state index is 12.0. The summed E-state index contributed by atoms with van der Waals surface area (Å²) in [5.41, 5.74) is 5.74. The van der Waals surface area contributed by atoms with Crippen molar-refractivity contribution in [2.24, 2.45) is 5.73 Å². The third kappa shape index (κ3) is 4.22. The maximum Gasteiger partial charge on any atom is 0.239 e. The molecular formula is C11H22N2O4S. The van der Waals surface area contributed by atoms with Gasteiger partial charge < -0.3 is 15.4 Å². The minimum Gasteiger partial charge on any atom is -0.376 e. The molecule has 1 rings (SSSR count). The van der Waals surface area contributed by atoms with Crippen LogP contribution in [0.25, 0.3) is 0 Å². The topological polar surface area (TPSA) is 89.7 Å². The van der Waals surface area contributed by atoms with Gasteiger partial charge in [0.25, 0.3) is 0 Å². The van der Waals surface area contributed by atoms with Gasteiger partial charge in [-0.3, -0.25) is 4.79 Å². The molecule has 0 spiro atoms. The van der Waals surface area contributed by atoms with Crippen molar-refractivity contribution in [3.05, 3.63) is 0 Å². The van der Waals surface area contributed by atoms with Crippen LogP contribution in [0.4, 0.5) is 0 Å². The van der Waals surface area contributed by atoms with E-state index in [2.05, 4.69) is 0 Å². The highest BCUT2D eigenvalue weighted by atomic mass is 32.2. The molecule has 0 bridgehead atoms. The lowest BCUT2D eigenvalue weighted by Gasteiger charge is -2.29. The number of hydrogen-bond donors (Lipinski definition) is 1. The quantitative estimate of drug-likeness (QED) is 0.724. The van der Waals surface area contributed by atoms with Crippen molar-refractivity contribution in [2.45, 2.75) is 38.0 Å². The van der Waals surface area contributed by atoms with E-state index in [1.807, 2.05) is 6.92 Å². The average molecular weight is 278 g/mol. The first-order chi connectivity index (χ1) is 8.22. The van der Waals surface area contributed by atoms with Gasteiger partial charge in [0.1, 0.15) is 9.84 Å². The fraction of sp³-hybridized carbons (Fsp3) is 0.909. The summed E-state index contributed by atoms with van der Waals surface area (Å²) >= 11 is 0. The fourth-order valence-corrected chi connectivity index (χ4v) is 2.80. The van der Waals surface area contributed by atoms with E-state index in [9.17, 15) is 13.2 Å². The third-order valence-corrected chi connectivity index (χ3v) is 4.28. The summed E-state index contributed by atoms with van der Waals surface area (Å²) in [7, 11) is -1.39. The van der Waals surface area contributed by atoms with Crippen LogP contribution in [0.3, 0.4) is 0 Å². The van der Waals surface area contributed by atoms with Crippen LogP contribution >= 0.6 is 0 Å². The smallest absolute Gasteiger partial charge is 0.239 e. The summed E-state index contributed by atoms with van der Waals surface area (Å²) in [5, 5.41) is 0. The van der Waals surface area contributed by atoms with Gasteiger partial charge in [-0.05, 0) is 19.8 Å². The van der Waals surface area contributed by atoms with Gasteiger partial charge in [0.05, 0.1) is 23.9 Å². The molecular weight excluding hydrogens is 256 g/mol. The van der Waals surface area contributed by atoms with Crippen molar-refractivity contribution in [1.29, 1.82) is 0 Å². The van der Waals surface area contributed by atoms with Gasteiger partial charge in [-0.15, -0.1) is 0 Å².